The van der Waals surface area contributed by atoms with Crippen LogP contribution in [0.1, 0.15) is 30.3 Å². The molecule has 0 saturated heterocycles. The van der Waals surface area contributed by atoms with Crippen LogP contribution in [0.5, 0.6) is 0 Å². The molecule has 1 N–H and O–H groups in total. The fourth-order valence-electron chi connectivity index (χ4n) is 2.07. The number of nitrogens with one attached hydrogen (secondary N) is 1. The van der Waals surface area contributed by atoms with Crippen LogP contribution in [0, 0.1) is 0 Å². The van der Waals surface area contributed by atoms with Gasteiger partial charge in [-0.3, -0.25) is 14.9 Å². The number of thiazole rings is 1. The molecule has 0 unspecified atom stereocenters. The van der Waals surface area contributed by atoms with Gasteiger partial charge in [-0.05, 0) is 23.9 Å². The summed E-state index contributed by atoms with van der Waals surface area (Å²) in [4.78, 5) is 29.5. The highest BCUT2D eigenvalue weighted by atomic mass is 32.1. The Balaban J connectivity index is 1.74. The topological polar surface area (TPSA) is 76.9 Å². The highest BCUT2D eigenvalue weighted by Gasteiger charge is 2.13. The number of carbonyl (C=O) groups is 1. The van der Waals surface area contributed by atoms with Gasteiger partial charge in [-0.2, -0.15) is 5.10 Å². The van der Waals surface area contributed by atoms with Crippen LogP contribution in [0.4, 0.5) is 5.13 Å². The SMILES string of the molecule is CCCCn1nc(C(=O)Nc2nc(-c3cccs3)cs2)ccc1=O. The van der Waals surface area contributed by atoms with Crippen molar-refractivity contribution in [2.75, 3.05) is 5.32 Å². The van der Waals surface area contributed by atoms with E-state index in [1.165, 1.54) is 28.2 Å². The Morgan fingerprint density at radius 3 is 2.92 bits per heavy atom. The zero-order valence-electron chi connectivity index (χ0n) is 13.1. The first-order chi connectivity index (χ1) is 11.7. The maximum atomic E-state index is 12.3. The number of hydrogen-bond donors (Lipinski definition) is 1. The lowest BCUT2D eigenvalue weighted by Gasteiger charge is -2.05. The van der Waals surface area contributed by atoms with Gasteiger partial charge in [-0.15, -0.1) is 22.7 Å². The minimum absolute atomic E-state index is 0.200. The Morgan fingerprint density at radius 2 is 2.17 bits per heavy atom. The van der Waals surface area contributed by atoms with Gasteiger partial charge in [-0.25, -0.2) is 9.67 Å². The Labute approximate surface area is 146 Å². The standard InChI is InChI=1S/C16H16N4O2S2/c1-2-3-8-20-14(21)7-6-11(19-20)15(22)18-16-17-12(10-24-16)13-5-4-9-23-13/h4-7,9-10H,2-3,8H2,1H3,(H,17,18,22). The average molecular weight is 360 g/mol. The van der Waals surface area contributed by atoms with Crippen LogP contribution in [0.25, 0.3) is 10.6 Å². The number of aryl methyl sites for hydroxylation is 1. The van der Waals surface area contributed by atoms with E-state index in [9.17, 15) is 9.59 Å². The van der Waals surface area contributed by atoms with Gasteiger partial charge >= 0.3 is 0 Å². The summed E-state index contributed by atoms with van der Waals surface area (Å²) in [6.45, 7) is 2.55. The molecular weight excluding hydrogens is 344 g/mol. The second-order valence-corrected chi connectivity index (χ2v) is 6.91. The number of nitrogens with zero attached hydrogens (tertiary/aromatic N) is 3. The van der Waals surface area contributed by atoms with Crippen molar-refractivity contribution in [2.24, 2.45) is 0 Å². The van der Waals surface area contributed by atoms with E-state index in [0.717, 1.165) is 23.4 Å². The largest absolute Gasteiger partial charge is 0.296 e. The molecule has 3 aromatic rings. The number of unbranched alkanes of at least 4 members (excludes halogenated alkanes) is 1. The van der Waals surface area contributed by atoms with Gasteiger partial charge in [-0.1, -0.05) is 19.4 Å². The van der Waals surface area contributed by atoms with Crippen LogP contribution < -0.4 is 10.9 Å². The highest BCUT2D eigenvalue weighted by Crippen LogP contribution is 2.28. The summed E-state index contributed by atoms with van der Waals surface area (Å²) in [5.41, 5.74) is 0.846. The Morgan fingerprint density at radius 1 is 1.29 bits per heavy atom. The number of aromatic nitrogens is 3. The third-order valence-electron chi connectivity index (χ3n) is 3.32. The minimum atomic E-state index is -0.368. The Bertz CT molecular complexity index is 884. The second-order valence-electron chi connectivity index (χ2n) is 5.10. The van der Waals surface area contributed by atoms with Crippen molar-refractivity contribution >= 4 is 33.7 Å². The number of rotatable bonds is 6. The maximum absolute atomic E-state index is 12.3. The van der Waals surface area contributed by atoms with Gasteiger partial charge in [0.25, 0.3) is 11.5 Å². The first kappa shape index (κ1) is 16.5. The summed E-state index contributed by atoms with van der Waals surface area (Å²) in [6.07, 6.45) is 1.80. The molecule has 1 amide bonds. The number of thiophene rings is 1. The van der Waals surface area contributed by atoms with E-state index < -0.39 is 0 Å². The molecule has 0 aliphatic rings. The number of hydrogen-bond acceptors (Lipinski definition) is 6. The smallest absolute Gasteiger partial charge is 0.277 e. The molecule has 0 radical (unpaired) electrons. The first-order valence-corrected chi connectivity index (χ1v) is 9.32. The van der Waals surface area contributed by atoms with Crippen LogP contribution >= 0.6 is 22.7 Å². The molecule has 0 aromatic carbocycles. The molecule has 0 fully saturated rings. The van der Waals surface area contributed by atoms with E-state index >= 15 is 0 Å². The molecule has 3 rings (SSSR count). The second kappa shape index (κ2) is 7.50. The van der Waals surface area contributed by atoms with E-state index in [1.54, 1.807) is 11.3 Å². The summed E-state index contributed by atoms with van der Waals surface area (Å²) >= 11 is 2.96. The van der Waals surface area contributed by atoms with Gasteiger partial charge in [0.1, 0.15) is 5.69 Å². The monoisotopic (exact) mass is 360 g/mol. The van der Waals surface area contributed by atoms with Crippen LogP contribution in [-0.2, 0) is 6.54 Å². The van der Waals surface area contributed by atoms with Crippen molar-refractivity contribution in [3.63, 3.8) is 0 Å². The predicted octanol–water partition coefficient (Wildman–Crippen LogP) is 3.48. The molecule has 0 bridgehead atoms. The normalized spacial score (nSPS) is 10.7. The summed E-state index contributed by atoms with van der Waals surface area (Å²) in [6, 6.07) is 6.75. The molecule has 0 saturated carbocycles. The lowest BCUT2D eigenvalue weighted by molar-refractivity contribution is 0.101. The summed E-state index contributed by atoms with van der Waals surface area (Å²) < 4.78 is 1.33. The highest BCUT2D eigenvalue weighted by molar-refractivity contribution is 7.16. The van der Waals surface area contributed by atoms with Crippen LogP contribution in [0.3, 0.4) is 0 Å². The number of anilines is 1. The van der Waals surface area contributed by atoms with E-state index in [0.29, 0.717) is 11.7 Å². The molecule has 6 nitrogen and oxygen atoms in total. The van der Waals surface area contributed by atoms with E-state index in [-0.39, 0.29) is 17.2 Å². The molecule has 24 heavy (non-hydrogen) atoms. The molecule has 8 heteroatoms. The third-order valence-corrected chi connectivity index (χ3v) is 4.97. The van der Waals surface area contributed by atoms with Crippen molar-refractivity contribution in [2.45, 2.75) is 26.3 Å². The zero-order valence-corrected chi connectivity index (χ0v) is 14.7. The molecule has 3 heterocycles. The molecule has 3 aromatic heterocycles. The Hall–Kier alpha value is -2.32. The minimum Gasteiger partial charge on any atom is -0.296 e. The predicted molar refractivity (Wildman–Crippen MR) is 96.8 cm³/mol. The van der Waals surface area contributed by atoms with Crippen molar-refractivity contribution < 1.29 is 4.79 Å². The quantitative estimate of drug-likeness (QED) is 0.730. The lowest BCUT2D eigenvalue weighted by Crippen LogP contribution is -2.26. The molecule has 0 atom stereocenters. The number of carbonyl (C=O) groups excluding carboxylic acids is 1. The van der Waals surface area contributed by atoms with Crippen molar-refractivity contribution in [1.82, 2.24) is 14.8 Å². The van der Waals surface area contributed by atoms with E-state index in [4.69, 9.17) is 0 Å². The summed E-state index contributed by atoms with van der Waals surface area (Å²) in [5.74, 6) is -0.368. The lowest BCUT2D eigenvalue weighted by atomic mass is 10.3. The molecule has 0 aliphatic carbocycles. The Kier molecular flexibility index (Phi) is 5.17. The van der Waals surface area contributed by atoms with E-state index in [2.05, 4.69) is 15.4 Å². The van der Waals surface area contributed by atoms with Crippen molar-refractivity contribution in [3.8, 4) is 10.6 Å². The van der Waals surface area contributed by atoms with Crippen LogP contribution in [-0.4, -0.2) is 20.7 Å². The van der Waals surface area contributed by atoms with E-state index in [1.807, 2.05) is 29.8 Å². The van der Waals surface area contributed by atoms with Crippen molar-refractivity contribution in [1.29, 1.82) is 0 Å². The zero-order chi connectivity index (χ0) is 16.9. The summed E-state index contributed by atoms with van der Waals surface area (Å²) in [5, 5.41) is 11.3. The van der Waals surface area contributed by atoms with Gasteiger partial charge in [0, 0.05) is 18.0 Å². The van der Waals surface area contributed by atoms with Crippen LogP contribution in [0.2, 0.25) is 0 Å². The van der Waals surface area contributed by atoms with Gasteiger partial charge in [0.2, 0.25) is 0 Å². The van der Waals surface area contributed by atoms with Gasteiger partial charge < -0.3 is 0 Å². The average Bonchev–Trinajstić information content (AvgIpc) is 3.25. The molecule has 0 spiro atoms. The molecule has 0 aliphatic heterocycles. The fraction of sp³-hybridized carbons (Fsp3) is 0.250. The maximum Gasteiger partial charge on any atom is 0.277 e. The van der Waals surface area contributed by atoms with Gasteiger partial charge in [0.15, 0.2) is 5.13 Å². The fourth-order valence-corrected chi connectivity index (χ4v) is 3.53. The molecular formula is C16H16N4O2S2. The van der Waals surface area contributed by atoms with Crippen molar-refractivity contribution in [3.05, 3.63) is 51.1 Å². The summed E-state index contributed by atoms with van der Waals surface area (Å²) in [7, 11) is 0. The first-order valence-electron chi connectivity index (χ1n) is 7.56. The number of amides is 1. The molecule has 124 valence electrons. The van der Waals surface area contributed by atoms with Gasteiger partial charge in [0.05, 0.1) is 10.6 Å². The van der Waals surface area contributed by atoms with Crippen LogP contribution in [0.15, 0.2) is 39.8 Å². The third kappa shape index (κ3) is 3.77.